The van der Waals surface area contributed by atoms with Crippen molar-refractivity contribution in [3.05, 3.63) is 53.5 Å². The molecule has 2 N–H and O–H groups in total. The summed E-state index contributed by atoms with van der Waals surface area (Å²) in [5.41, 5.74) is 6.54. The van der Waals surface area contributed by atoms with E-state index in [-0.39, 0.29) is 11.4 Å². The van der Waals surface area contributed by atoms with Crippen molar-refractivity contribution in [2.75, 3.05) is 0 Å². The lowest BCUT2D eigenvalue weighted by molar-refractivity contribution is -0.00279. The van der Waals surface area contributed by atoms with E-state index in [2.05, 4.69) is 17.1 Å². The van der Waals surface area contributed by atoms with Crippen LogP contribution in [0.1, 0.15) is 53.9 Å². The van der Waals surface area contributed by atoms with Gasteiger partial charge in [-0.1, -0.05) is 12.1 Å². The second-order valence-corrected chi connectivity index (χ2v) is 8.50. The Kier molecular flexibility index (Phi) is 3.92. The molecule has 0 unspecified atom stereocenters. The lowest BCUT2D eigenvalue weighted by Gasteiger charge is -2.54. The van der Waals surface area contributed by atoms with Gasteiger partial charge in [0.2, 0.25) is 5.91 Å². The Balaban J connectivity index is 1.33. The van der Waals surface area contributed by atoms with Gasteiger partial charge in [-0.15, -0.1) is 0 Å². The first kappa shape index (κ1) is 16.7. The third-order valence-electron chi connectivity index (χ3n) is 6.80. The molecule has 1 heterocycles. The molecule has 2 aromatic rings. The standard InChI is InChI=1S/C22H23FN2O2/c23-19-10-17(21(24)26)11-25-22(19)27-18-3-1-14(2-4-18)20-15-6-12-5-13(8-15)9-16(20)7-12/h1-4,10-13,15-16,20H,5-9H2,(H2,24,26)/t12-,13+,15-,16+,20?. The number of hydrogen-bond acceptors (Lipinski definition) is 3. The van der Waals surface area contributed by atoms with Crippen LogP contribution in [0.5, 0.6) is 11.6 Å². The number of nitrogens with two attached hydrogens (primary N) is 1. The lowest BCUT2D eigenvalue weighted by Crippen LogP contribution is -2.43. The Hall–Kier alpha value is -2.43. The zero-order valence-electron chi connectivity index (χ0n) is 15.1. The second-order valence-electron chi connectivity index (χ2n) is 8.50. The SMILES string of the molecule is NC(=O)c1cnc(Oc2ccc(C3[C@H]4C[C@@H]5C[C@@H](C[C@H]3C5)C4)cc2)c(F)c1. The van der Waals surface area contributed by atoms with Crippen LogP contribution in [0, 0.1) is 29.5 Å². The number of rotatable bonds is 4. The van der Waals surface area contributed by atoms with Gasteiger partial charge in [0.1, 0.15) is 5.75 Å². The van der Waals surface area contributed by atoms with E-state index < -0.39 is 11.7 Å². The van der Waals surface area contributed by atoms with E-state index in [9.17, 15) is 9.18 Å². The number of aromatic nitrogens is 1. The molecule has 140 valence electrons. The maximum Gasteiger partial charge on any atom is 0.255 e. The van der Waals surface area contributed by atoms with Crippen LogP contribution in [0.25, 0.3) is 0 Å². The van der Waals surface area contributed by atoms with Gasteiger partial charge in [-0.2, -0.15) is 0 Å². The van der Waals surface area contributed by atoms with Crippen molar-refractivity contribution in [2.24, 2.45) is 29.4 Å². The minimum Gasteiger partial charge on any atom is -0.436 e. The average molecular weight is 366 g/mol. The van der Waals surface area contributed by atoms with Gasteiger partial charge in [-0.3, -0.25) is 4.79 Å². The van der Waals surface area contributed by atoms with E-state index in [4.69, 9.17) is 10.5 Å². The Morgan fingerprint density at radius 3 is 2.22 bits per heavy atom. The second kappa shape index (κ2) is 6.32. The maximum absolute atomic E-state index is 14.1. The molecule has 4 nitrogen and oxygen atoms in total. The molecule has 4 fully saturated rings. The van der Waals surface area contributed by atoms with Gasteiger partial charge in [0.05, 0.1) is 5.56 Å². The monoisotopic (exact) mass is 366 g/mol. The van der Waals surface area contributed by atoms with Gasteiger partial charge in [0, 0.05) is 6.20 Å². The fourth-order valence-corrected chi connectivity index (χ4v) is 5.97. The van der Waals surface area contributed by atoms with E-state index in [0.717, 1.165) is 29.7 Å². The van der Waals surface area contributed by atoms with Crippen molar-refractivity contribution < 1.29 is 13.9 Å². The molecule has 27 heavy (non-hydrogen) atoms. The summed E-state index contributed by atoms with van der Waals surface area (Å²) >= 11 is 0. The summed E-state index contributed by atoms with van der Waals surface area (Å²) in [7, 11) is 0. The summed E-state index contributed by atoms with van der Waals surface area (Å²) in [5, 5.41) is 0. The molecule has 4 aliphatic rings. The number of primary amides is 1. The molecule has 1 aromatic heterocycles. The number of halogens is 1. The van der Waals surface area contributed by atoms with Crippen LogP contribution >= 0.6 is 0 Å². The van der Waals surface area contributed by atoms with E-state index in [1.807, 2.05) is 12.1 Å². The van der Waals surface area contributed by atoms with E-state index in [0.29, 0.717) is 11.7 Å². The summed E-state index contributed by atoms with van der Waals surface area (Å²) in [6, 6.07) is 9.08. The van der Waals surface area contributed by atoms with Crippen molar-refractivity contribution in [3.8, 4) is 11.6 Å². The van der Waals surface area contributed by atoms with Crippen LogP contribution in [0.4, 0.5) is 4.39 Å². The highest BCUT2D eigenvalue weighted by molar-refractivity contribution is 5.92. The Labute approximate surface area is 157 Å². The third kappa shape index (κ3) is 2.99. The third-order valence-corrected chi connectivity index (χ3v) is 6.80. The summed E-state index contributed by atoms with van der Waals surface area (Å²) in [6.07, 6.45) is 8.23. The van der Waals surface area contributed by atoms with Crippen LogP contribution in [-0.2, 0) is 0 Å². The van der Waals surface area contributed by atoms with Crippen molar-refractivity contribution in [1.82, 2.24) is 4.98 Å². The smallest absolute Gasteiger partial charge is 0.255 e. The molecular weight excluding hydrogens is 343 g/mol. The fourth-order valence-electron chi connectivity index (χ4n) is 5.97. The van der Waals surface area contributed by atoms with E-state index >= 15 is 0 Å². The van der Waals surface area contributed by atoms with Gasteiger partial charge in [-0.25, -0.2) is 9.37 Å². The highest BCUT2D eigenvalue weighted by Crippen LogP contribution is 2.59. The van der Waals surface area contributed by atoms with E-state index in [1.54, 1.807) is 0 Å². The summed E-state index contributed by atoms with van der Waals surface area (Å²) in [4.78, 5) is 15.0. The molecule has 4 saturated carbocycles. The van der Waals surface area contributed by atoms with Gasteiger partial charge in [0.25, 0.3) is 5.88 Å². The van der Waals surface area contributed by atoms with Crippen LogP contribution in [0.15, 0.2) is 36.5 Å². The molecule has 4 bridgehead atoms. The van der Waals surface area contributed by atoms with Gasteiger partial charge in [-0.05, 0) is 85.5 Å². The first-order chi connectivity index (χ1) is 13.1. The zero-order chi connectivity index (χ0) is 18.5. The van der Waals surface area contributed by atoms with Gasteiger partial charge in [0.15, 0.2) is 5.82 Å². The minimum absolute atomic E-state index is 0.0251. The van der Waals surface area contributed by atoms with Crippen LogP contribution < -0.4 is 10.5 Å². The molecule has 0 atom stereocenters. The largest absolute Gasteiger partial charge is 0.436 e. The predicted octanol–water partition coefficient (Wildman–Crippen LogP) is 4.65. The Morgan fingerprint density at radius 1 is 1.04 bits per heavy atom. The zero-order valence-corrected chi connectivity index (χ0v) is 15.1. The molecule has 1 aromatic carbocycles. The number of nitrogens with zero attached hydrogens (tertiary/aromatic N) is 1. The summed E-state index contributed by atoms with van der Waals surface area (Å²) < 4.78 is 19.6. The minimum atomic E-state index is -0.715. The lowest BCUT2D eigenvalue weighted by atomic mass is 9.51. The highest BCUT2D eigenvalue weighted by Gasteiger charge is 2.48. The van der Waals surface area contributed by atoms with Crippen molar-refractivity contribution in [2.45, 2.75) is 38.0 Å². The number of ether oxygens (including phenoxy) is 1. The number of pyridine rings is 1. The maximum atomic E-state index is 14.1. The number of carbonyl (C=O) groups is 1. The number of hydrogen-bond donors (Lipinski definition) is 1. The topological polar surface area (TPSA) is 65.2 Å². The fraction of sp³-hybridized carbons (Fsp3) is 0.455. The van der Waals surface area contributed by atoms with Crippen molar-refractivity contribution in [3.63, 3.8) is 0 Å². The molecule has 0 saturated heterocycles. The van der Waals surface area contributed by atoms with Crippen LogP contribution in [0.3, 0.4) is 0 Å². The van der Waals surface area contributed by atoms with Crippen molar-refractivity contribution >= 4 is 5.91 Å². The number of carbonyl (C=O) groups excluding carboxylic acids is 1. The molecule has 5 heteroatoms. The molecule has 0 spiro atoms. The number of benzene rings is 1. The molecular formula is C22H23FN2O2. The Bertz CT molecular complexity index is 852. The van der Waals surface area contributed by atoms with Crippen LogP contribution in [0.2, 0.25) is 0 Å². The average Bonchev–Trinajstić information content (AvgIpc) is 2.63. The molecule has 4 aliphatic carbocycles. The molecule has 0 aliphatic heterocycles. The molecule has 0 radical (unpaired) electrons. The van der Waals surface area contributed by atoms with E-state index in [1.165, 1.54) is 43.9 Å². The summed E-state index contributed by atoms with van der Waals surface area (Å²) in [5.74, 6) is 3.22. The van der Waals surface area contributed by atoms with Crippen molar-refractivity contribution in [1.29, 1.82) is 0 Å². The molecule has 6 rings (SSSR count). The first-order valence-electron chi connectivity index (χ1n) is 9.80. The molecule has 1 amide bonds. The first-order valence-corrected chi connectivity index (χ1v) is 9.80. The summed E-state index contributed by atoms with van der Waals surface area (Å²) in [6.45, 7) is 0. The van der Waals surface area contributed by atoms with Gasteiger partial charge < -0.3 is 10.5 Å². The van der Waals surface area contributed by atoms with Crippen LogP contribution in [-0.4, -0.2) is 10.9 Å². The Morgan fingerprint density at radius 2 is 1.67 bits per heavy atom. The normalized spacial score (nSPS) is 31.1. The van der Waals surface area contributed by atoms with Gasteiger partial charge >= 0.3 is 0 Å². The number of amides is 1. The quantitative estimate of drug-likeness (QED) is 0.856. The highest BCUT2D eigenvalue weighted by atomic mass is 19.1. The predicted molar refractivity (Wildman–Crippen MR) is 99.0 cm³/mol.